The molecule has 146 valence electrons. The quantitative estimate of drug-likeness (QED) is 0.607. The second-order valence-corrected chi connectivity index (χ2v) is 7.92. The van der Waals surface area contributed by atoms with Gasteiger partial charge >= 0.3 is 5.97 Å². The lowest BCUT2D eigenvalue weighted by atomic mass is 9.96. The van der Waals surface area contributed by atoms with Gasteiger partial charge in [0, 0.05) is 5.02 Å². The zero-order valence-electron chi connectivity index (χ0n) is 15.8. The van der Waals surface area contributed by atoms with E-state index in [9.17, 15) is 9.59 Å². The number of allylic oxidation sites excluding steroid dienone is 1. The number of hydrogen-bond donors (Lipinski definition) is 0. The first-order valence-electron chi connectivity index (χ1n) is 8.91. The molecule has 0 aliphatic carbocycles. The van der Waals surface area contributed by atoms with Crippen LogP contribution in [0.3, 0.4) is 0 Å². The van der Waals surface area contributed by atoms with Crippen molar-refractivity contribution in [3.63, 3.8) is 0 Å². The highest BCUT2D eigenvalue weighted by atomic mass is 35.5. The molecule has 0 saturated heterocycles. The van der Waals surface area contributed by atoms with Crippen molar-refractivity contribution in [3.05, 3.63) is 102 Å². The molecular formula is C22H17ClN2O3S. The first-order chi connectivity index (χ1) is 14.0. The van der Waals surface area contributed by atoms with Crippen molar-refractivity contribution in [3.8, 4) is 0 Å². The number of methoxy groups -OCH3 is 1. The highest BCUT2D eigenvalue weighted by Crippen LogP contribution is 2.34. The van der Waals surface area contributed by atoms with Gasteiger partial charge in [0.15, 0.2) is 4.80 Å². The molecule has 29 heavy (non-hydrogen) atoms. The molecular weight excluding hydrogens is 408 g/mol. The van der Waals surface area contributed by atoms with Gasteiger partial charge in [0.05, 0.1) is 22.9 Å². The molecule has 0 radical (unpaired) electrons. The van der Waals surface area contributed by atoms with Gasteiger partial charge in [0.2, 0.25) is 0 Å². The molecule has 0 amide bonds. The minimum absolute atomic E-state index is 0.226. The molecule has 1 unspecified atom stereocenters. The molecule has 1 aliphatic heterocycles. The summed E-state index contributed by atoms with van der Waals surface area (Å²) in [7, 11) is 1.31. The van der Waals surface area contributed by atoms with E-state index in [-0.39, 0.29) is 5.56 Å². The van der Waals surface area contributed by atoms with Gasteiger partial charge < -0.3 is 4.74 Å². The maximum Gasteiger partial charge on any atom is 0.338 e. The molecule has 0 saturated carbocycles. The Kier molecular flexibility index (Phi) is 5.22. The topological polar surface area (TPSA) is 60.7 Å². The molecule has 0 N–H and O–H groups in total. The van der Waals surface area contributed by atoms with Crippen molar-refractivity contribution >= 4 is 35.0 Å². The maximum atomic E-state index is 13.3. The van der Waals surface area contributed by atoms with Crippen molar-refractivity contribution in [2.75, 3.05) is 7.11 Å². The van der Waals surface area contributed by atoms with E-state index in [1.165, 1.54) is 23.0 Å². The summed E-state index contributed by atoms with van der Waals surface area (Å²) in [6.45, 7) is 1.74. The molecule has 1 aromatic heterocycles. The number of ether oxygens (including phenoxy) is 1. The summed E-state index contributed by atoms with van der Waals surface area (Å²) in [5, 5.41) is 0.464. The zero-order valence-corrected chi connectivity index (χ0v) is 17.3. The predicted molar refractivity (Wildman–Crippen MR) is 114 cm³/mol. The monoisotopic (exact) mass is 424 g/mol. The van der Waals surface area contributed by atoms with E-state index in [1.54, 1.807) is 19.1 Å². The normalized spacial score (nSPS) is 16.4. The number of fused-ring (bicyclic) bond motifs is 1. The average molecular weight is 425 g/mol. The maximum absolute atomic E-state index is 13.3. The lowest BCUT2D eigenvalue weighted by molar-refractivity contribution is -0.136. The Bertz CT molecular complexity index is 1310. The third-order valence-corrected chi connectivity index (χ3v) is 6.05. The van der Waals surface area contributed by atoms with E-state index >= 15 is 0 Å². The molecule has 1 aliphatic rings. The number of esters is 1. The third kappa shape index (κ3) is 3.45. The second kappa shape index (κ2) is 7.81. The molecule has 0 fully saturated rings. The lowest BCUT2D eigenvalue weighted by Gasteiger charge is -2.25. The van der Waals surface area contributed by atoms with Crippen LogP contribution in [0.5, 0.6) is 0 Å². The summed E-state index contributed by atoms with van der Waals surface area (Å²) in [6, 6.07) is 16.1. The Morgan fingerprint density at radius 1 is 1.17 bits per heavy atom. The standard InChI is InChI=1S/C22H17ClN2O3S/c1-13-18(21(27)28-2)19(15-10-6-7-11-16(15)23)25-20(26)17(29-22(25)24-13)12-14-8-4-3-5-9-14/h3-12,19H,1-2H3. The first kappa shape index (κ1) is 19.4. The van der Waals surface area contributed by atoms with Crippen molar-refractivity contribution in [1.82, 2.24) is 4.57 Å². The smallest absolute Gasteiger partial charge is 0.338 e. The highest BCUT2D eigenvalue weighted by Gasteiger charge is 2.34. The molecule has 0 bridgehead atoms. The van der Waals surface area contributed by atoms with E-state index in [2.05, 4.69) is 4.99 Å². The number of hydrogen-bond acceptors (Lipinski definition) is 5. The number of nitrogens with zero attached hydrogens (tertiary/aromatic N) is 2. The van der Waals surface area contributed by atoms with E-state index in [0.29, 0.717) is 31.2 Å². The van der Waals surface area contributed by atoms with Gasteiger partial charge in [-0.2, -0.15) is 0 Å². The minimum atomic E-state index is -0.703. The average Bonchev–Trinajstić information content (AvgIpc) is 3.02. The number of carbonyl (C=O) groups is 1. The number of benzene rings is 2. The van der Waals surface area contributed by atoms with Crippen LogP contribution >= 0.6 is 22.9 Å². The van der Waals surface area contributed by atoms with E-state index in [0.717, 1.165) is 5.56 Å². The van der Waals surface area contributed by atoms with Gasteiger partial charge in [-0.1, -0.05) is 71.5 Å². The fourth-order valence-electron chi connectivity index (χ4n) is 3.38. The van der Waals surface area contributed by atoms with Gasteiger partial charge in [-0.15, -0.1) is 0 Å². The van der Waals surface area contributed by atoms with Gasteiger partial charge in [-0.25, -0.2) is 9.79 Å². The van der Waals surface area contributed by atoms with Crippen molar-refractivity contribution in [1.29, 1.82) is 0 Å². The van der Waals surface area contributed by atoms with Crippen LogP contribution in [0.15, 0.2) is 75.7 Å². The fraction of sp³-hybridized carbons (Fsp3) is 0.136. The molecule has 1 atom stereocenters. The van der Waals surface area contributed by atoms with Crippen LogP contribution in [0.25, 0.3) is 6.08 Å². The predicted octanol–water partition coefficient (Wildman–Crippen LogP) is 3.06. The van der Waals surface area contributed by atoms with Crippen LogP contribution in [-0.4, -0.2) is 17.6 Å². The van der Waals surface area contributed by atoms with Crippen LogP contribution < -0.4 is 14.9 Å². The Labute approximate surface area is 175 Å². The lowest BCUT2D eigenvalue weighted by Crippen LogP contribution is -2.39. The van der Waals surface area contributed by atoms with Crippen molar-refractivity contribution in [2.45, 2.75) is 13.0 Å². The largest absolute Gasteiger partial charge is 0.466 e. The van der Waals surface area contributed by atoms with Crippen molar-refractivity contribution < 1.29 is 9.53 Å². The third-order valence-electron chi connectivity index (χ3n) is 4.72. The van der Waals surface area contributed by atoms with Gasteiger partial charge in [-0.05, 0) is 30.2 Å². The highest BCUT2D eigenvalue weighted by molar-refractivity contribution is 7.07. The van der Waals surface area contributed by atoms with Crippen LogP contribution in [-0.2, 0) is 9.53 Å². The second-order valence-electron chi connectivity index (χ2n) is 6.51. The van der Waals surface area contributed by atoms with Gasteiger partial charge in [-0.3, -0.25) is 9.36 Å². The summed E-state index contributed by atoms with van der Waals surface area (Å²) in [6.07, 6.45) is 1.82. The number of carbonyl (C=O) groups excluding carboxylic acids is 1. The van der Waals surface area contributed by atoms with Crippen molar-refractivity contribution in [2.24, 2.45) is 4.99 Å². The molecule has 3 aromatic rings. The number of halogens is 1. The summed E-state index contributed by atoms with van der Waals surface area (Å²) < 4.78 is 7.05. The van der Waals surface area contributed by atoms with Crippen LogP contribution in [0, 0.1) is 0 Å². The van der Waals surface area contributed by atoms with E-state index in [1.807, 2.05) is 48.5 Å². The molecule has 2 heterocycles. The first-order valence-corrected chi connectivity index (χ1v) is 10.1. The fourth-order valence-corrected chi connectivity index (χ4v) is 4.67. The molecule has 4 rings (SSSR count). The molecule has 2 aromatic carbocycles. The van der Waals surface area contributed by atoms with Crippen LogP contribution in [0.4, 0.5) is 0 Å². The van der Waals surface area contributed by atoms with Crippen LogP contribution in [0.1, 0.15) is 24.1 Å². The van der Waals surface area contributed by atoms with E-state index in [4.69, 9.17) is 16.3 Å². The van der Waals surface area contributed by atoms with Gasteiger partial charge in [0.25, 0.3) is 5.56 Å². The summed E-state index contributed by atoms with van der Waals surface area (Å²) >= 11 is 7.73. The zero-order chi connectivity index (χ0) is 20.5. The Morgan fingerprint density at radius 2 is 1.86 bits per heavy atom. The Morgan fingerprint density at radius 3 is 2.55 bits per heavy atom. The summed E-state index contributed by atoms with van der Waals surface area (Å²) in [5.41, 5.74) is 2.15. The number of aromatic nitrogens is 1. The Balaban J connectivity index is 2.02. The SMILES string of the molecule is COC(=O)C1=C(C)N=c2sc(=Cc3ccccc3)c(=O)n2C1c1ccccc1Cl. The van der Waals surface area contributed by atoms with Gasteiger partial charge in [0.1, 0.15) is 6.04 Å². The molecule has 7 heteroatoms. The Hall–Kier alpha value is -2.96. The molecule has 5 nitrogen and oxygen atoms in total. The number of thiazole rings is 1. The van der Waals surface area contributed by atoms with Crippen LogP contribution in [0.2, 0.25) is 5.02 Å². The summed E-state index contributed by atoms with van der Waals surface area (Å²) in [4.78, 5) is 31.0. The number of rotatable bonds is 3. The molecule has 0 spiro atoms. The summed E-state index contributed by atoms with van der Waals surface area (Å²) in [5.74, 6) is -0.534. The minimum Gasteiger partial charge on any atom is -0.466 e. The van der Waals surface area contributed by atoms with E-state index < -0.39 is 12.0 Å².